The van der Waals surface area contributed by atoms with Gasteiger partial charge in [-0.1, -0.05) is 6.92 Å². The van der Waals surface area contributed by atoms with Crippen LogP contribution in [0.3, 0.4) is 0 Å². The molecule has 0 aliphatic carbocycles. The number of anilines is 2. The van der Waals surface area contributed by atoms with Gasteiger partial charge in [-0.05, 0) is 20.3 Å². The normalized spacial score (nSPS) is 14.6. The maximum atomic E-state index is 11.3. The molecule has 0 saturated carbocycles. The number of nitrogens with zero attached hydrogens (tertiary/aromatic N) is 2. The van der Waals surface area contributed by atoms with Gasteiger partial charge in [-0.15, -0.1) is 0 Å². The summed E-state index contributed by atoms with van der Waals surface area (Å²) in [6.45, 7) is 7.42. The van der Waals surface area contributed by atoms with Gasteiger partial charge in [0, 0.05) is 35.4 Å². The first-order valence-corrected chi connectivity index (χ1v) is 7.48. The van der Waals surface area contributed by atoms with E-state index in [0.717, 1.165) is 24.5 Å². The average molecular weight is 258 g/mol. The Balaban J connectivity index is 2.78. The second-order valence-corrected chi connectivity index (χ2v) is 6.06. The molecule has 98 valence electrons. The summed E-state index contributed by atoms with van der Waals surface area (Å²) in [5, 5.41) is 7.72. The molecule has 3 N–H and O–H groups in total. The molecule has 0 amide bonds. The summed E-state index contributed by atoms with van der Waals surface area (Å²) in [4.78, 5) is 0. The smallest absolute Gasteiger partial charge is 0.148 e. The van der Waals surface area contributed by atoms with E-state index < -0.39 is 10.8 Å². The van der Waals surface area contributed by atoms with Gasteiger partial charge >= 0.3 is 0 Å². The van der Waals surface area contributed by atoms with E-state index in [2.05, 4.69) is 17.3 Å². The van der Waals surface area contributed by atoms with Crippen molar-refractivity contribution in [3.05, 3.63) is 5.69 Å². The maximum Gasteiger partial charge on any atom is 0.148 e. The highest BCUT2D eigenvalue weighted by Gasteiger charge is 2.13. The Labute approximate surface area is 105 Å². The third kappa shape index (κ3) is 3.46. The number of aryl methyl sites for hydroxylation is 2. The van der Waals surface area contributed by atoms with Crippen LogP contribution in [0, 0.1) is 6.92 Å². The molecule has 0 aliphatic rings. The van der Waals surface area contributed by atoms with Crippen LogP contribution in [0.25, 0.3) is 0 Å². The monoisotopic (exact) mass is 258 g/mol. The van der Waals surface area contributed by atoms with Crippen LogP contribution in [0.1, 0.15) is 26.0 Å². The molecule has 0 aromatic carbocycles. The van der Waals surface area contributed by atoms with E-state index in [1.165, 1.54) is 0 Å². The first kappa shape index (κ1) is 14.0. The van der Waals surface area contributed by atoms with Crippen molar-refractivity contribution < 1.29 is 4.21 Å². The summed E-state index contributed by atoms with van der Waals surface area (Å²) >= 11 is 0. The van der Waals surface area contributed by atoms with Crippen LogP contribution in [0.15, 0.2) is 0 Å². The molecule has 0 bridgehead atoms. The molecule has 2 unspecified atom stereocenters. The summed E-state index contributed by atoms with van der Waals surface area (Å²) < 4.78 is 13.2. The van der Waals surface area contributed by atoms with E-state index in [1.807, 2.05) is 18.5 Å². The molecule has 0 saturated heterocycles. The molecular weight excluding hydrogens is 236 g/mol. The van der Waals surface area contributed by atoms with Crippen LogP contribution < -0.4 is 11.1 Å². The van der Waals surface area contributed by atoms with Crippen molar-refractivity contribution in [1.29, 1.82) is 0 Å². The largest absolute Gasteiger partial charge is 0.394 e. The molecule has 17 heavy (non-hydrogen) atoms. The van der Waals surface area contributed by atoms with Crippen molar-refractivity contribution in [2.45, 2.75) is 39.0 Å². The quantitative estimate of drug-likeness (QED) is 0.808. The lowest BCUT2D eigenvalue weighted by Gasteiger charge is -2.13. The van der Waals surface area contributed by atoms with Crippen LogP contribution in [0.5, 0.6) is 0 Å². The number of nitrogens with two attached hydrogens (primary N) is 1. The van der Waals surface area contributed by atoms with Gasteiger partial charge in [0.15, 0.2) is 0 Å². The van der Waals surface area contributed by atoms with Crippen molar-refractivity contribution in [1.82, 2.24) is 9.78 Å². The Morgan fingerprint density at radius 3 is 2.76 bits per heavy atom. The minimum atomic E-state index is -0.827. The molecule has 1 rings (SSSR count). The standard InChI is InChI=1S/C11H22N4OS/c1-5-6-15-11(10(12)9(3)14-15)13-7-8(2)17(4)16/h8,13H,5-7,12H2,1-4H3. The van der Waals surface area contributed by atoms with Gasteiger partial charge in [0.05, 0.1) is 11.4 Å². The Morgan fingerprint density at radius 1 is 1.59 bits per heavy atom. The molecule has 0 aliphatic heterocycles. The maximum absolute atomic E-state index is 11.3. The Bertz CT molecular complexity index is 402. The summed E-state index contributed by atoms with van der Waals surface area (Å²) in [7, 11) is -0.827. The molecule has 0 spiro atoms. The molecule has 1 aromatic rings. The lowest BCUT2D eigenvalue weighted by Crippen LogP contribution is -2.22. The molecule has 0 fully saturated rings. The van der Waals surface area contributed by atoms with Crippen molar-refractivity contribution in [2.24, 2.45) is 0 Å². The number of nitrogens with one attached hydrogen (secondary N) is 1. The molecule has 1 heterocycles. The first-order valence-electron chi connectivity index (χ1n) is 5.86. The third-order valence-electron chi connectivity index (χ3n) is 2.73. The fourth-order valence-corrected chi connectivity index (χ4v) is 1.83. The molecule has 6 heteroatoms. The van der Waals surface area contributed by atoms with Crippen molar-refractivity contribution in [2.75, 3.05) is 23.9 Å². The predicted molar refractivity (Wildman–Crippen MR) is 73.7 cm³/mol. The van der Waals surface area contributed by atoms with Crippen molar-refractivity contribution >= 4 is 22.3 Å². The second-order valence-electron chi connectivity index (χ2n) is 4.26. The van der Waals surface area contributed by atoms with Crippen molar-refractivity contribution in [3.63, 3.8) is 0 Å². The van der Waals surface area contributed by atoms with Gasteiger partial charge in [-0.3, -0.25) is 4.21 Å². The van der Waals surface area contributed by atoms with E-state index in [0.29, 0.717) is 12.2 Å². The first-order chi connectivity index (χ1) is 7.97. The summed E-state index contributed by atoms with van der Waals surface area (Å²) in [5.41, 5.74) is 7.50. The van der Waals surface area contributed by atoms with Gasteiger partial charge in [-0.25, -0.2) is 4.68 Å². The minimum Gasteiger partial charge on any atom is -0.394 e. The fourth-order valence-electron chi connectivity index (χ4n) is 1.51. The zero-order valence-electron chi connectivity index (χ0n) is 11.0. The number of rotatable bonds is 6. The topological polar surface area (TPSA) is 72.9 Å². The summed E-state index contributed by atoms with van der Waals surface area (Å²) in [6, 6.07) is 0. The Morgan fingerprint density at radius 2 is 2.24 bits per heavy atom. The van der Waals surface area contributed by atoms with Gasteiger partial charge in [-0.2, -0.15) is 5.10 Å². The Hall–Kier alpha value is -1.04. The Kier molecular flexibility index (Phi) is 4.99. The van der Waals surface area contributed by atoms with Gasteiger partial charge in [0.1, 0.15) is 5.82 Å². The van der Waals surface area contributed by atoms with Crippen LogP contribution >= 0.6 is 0 Å². The molecule has 1 aromatic heterocycles. The van der Waals surface area contributed by atoms with E-state index in [-0.39, 0.29) is 5.25 Å². The van der Waals surface area contributed by atoms with Crippen LogP contribution in [0.4, 0.5) is 11.5 Å². The van der Waals surface area contributed by atoms with Gasteiger partial charge in [0.2, 0.25) is 0 Å². The van der Waals surface area contributed by atoms with E-state index in [9.17, 15) is 4.21 Å². The SMILES string of the molecule is CCCn1nc(C)c(N)c1NCC(C)S(C)=O. The highest BCUT2D eigenvalue weighted by atomic mass is 32.2. The van der Waals surface area contributed by atoms with Gasteiger partial charge < -0.3 is 11.1 Å². The fraction of sp³-hybridized carbons (Fsp3) is 0.727. The number of hydrogen-bond donors (Lipinski definition) is 2. The van der Waals surface area contributed by atoms with Crippen LogP contribution in [-0.4, -0.2) is 32.0 Å². The minimum absolute atomic E-state index is 0.0969. The van der Waals surface area contributed by atoms with Crippen LogP contribution in [0.2, 0.25) is 0 Å². The van der Waals surface area contributed by atoms with E-state index >= 15 is 0 Å². The zero-order valence-corrected chi connectivity index (χ0v) is 11.8. The third-order valence-corrected chi connectivity index (χ3v) is 4.03. The molecular formula is C11H22N4OS. The average Bonchev–Trinajstić information content (AvgIpc) is 2.52. The number of nitrogen functional groups attached to an aromatic ring is 1. The highest BCUT2D eigenvalue weighted by Crippen LogP contribution is 2.22. The second kappa shape index (κ2) is 6.05. The molecule has 0 radical (unpaired) electrons. The van der Waals surface area contributed by atoms with Crippen LogP contribution in [-0.2, 0) is 17.3 Å². The van der Waals surface area contributed by atoms with E-state index in [4.69, 9.17) is 5.73 Å². The number of hydrogen-bond acceptors (Lipinski definition) is 4. The number of aromatic nitrogens is 2. The zero-order chi connectivity index (χ0) is 13.0. The van der Waals surface area contributed by atoms with E-state index in [1.54, 1.807) is 6.26 Å². The summed E-state index contributed by atoms with van der Waals surface area (Å²) in [6.07, 6.45) is 2.72. The molecule has 5 nitrogen and oxygen atoms in total. The van der Waals surface area contributed by atoms with Gasteiger partial charge in [0.25, 0.3) is 0 Å². The lowest BCUT2D eigenvalue weighted by molar-refractivity contribution is 0.602. The lowest BCUT2D eigenvalue weighted by atomic mass is 10.3. The molecule has 2 atom stereocenters. The summed E-state index contributed by atoms with van der Waals surface area (Å²) in [5.74, 6) is 0.849. The van der Waals surface area contributed by atoms with Crippen molar-refractivity contribution in [3.8, 4) is 0 Å². The highest BCUT2D eigenvalue weighted by molar-refractivity contribution is 7.84. The predicted octanol–water partition coefficient (Wildman–Crippen LogP) is 1.36.